The van der Waals surface area contributed by atoms with Crippen molar-refractivity contribution in [3.63, 3.8) is 0 Å². The van der Waals surface area contributed by atoms with Gasteiger partial charge in [-0.05, 0) is 41.8 Å². The van der Waals surface area contributed by atoms with E-state index in [0.29, 0.717) is 24.7 Å². The molecule has 5 heteroatoms. The first-order chi connectivity index (χ1) is 12.8. The number of furan rings is 1. The standard InChI is InChI=1S/C21H20N2O3/c24-21(14-19-18-8-2-1-6-16(18)10-13-26-19)23(15-17-7-5-12-25-17)20-9-3-4-11-22-20/h1-9,11-12,19H,10,13-15H2. The number of hydrogen-bond acceptors (Lipinski definition) is 4. The fourth-order valence-corrected chi connectivity index (χ4v) is 3.28. The zero-order valence-corrected chi connectivity index (χ0v) is 14.4. The number of pyridine rings is 1. The number of hydrogen-bond donors (Lipinski definition) is 0. The first-order valence-electron chi connectivity index (χ1n) is 8.74. The van der Waals surface area contributed by atoms with Crippen LogP contribution in [0.1, 0.15) is 29.4 Å². The van der Waals surface area contributed by atoms with Gasteiger partial charge < -0.3 is 9.15 Å². The molecule has 0 N–H and O–H groups in total. The van der Waals surface area contributed by atoms with Gasteiger partial charge >= 0.3 is 0 Å². The number of nitrogens with zero attached hydrogens (tertiary/aromatic N) is 2. The molecule has 0 spiro atoms. The van der Waals surface area contributed by atoms with E-state index in [0.717, 1.165) is 12.0 Å². The lowest BCUT2D eigenvalue weighted by Gasteiger charge is -2.28. The van der Waals surface area contributed by atoms with Crippen molar-refractivity contribution in [2.24, 2.45) is 0 Å². The van der Waals surface area contributed by atoms with Crippen molar-refractivity contribution < 1.29 is 13.9 Å². The van der Waals surface area contributed by atoms with E-state index in [1.165, 1.54) is 5.56 Å². The van der Waals surface area contributed by atoms with E-state index in [1.807, 2.05) is 48.5 Å². The van der Waals surface area contributed by atoms with Gasteiger partial charge in [-0.1, -0.05) is 30.3 Å². The fraction of sp³-hybridized carbons (Fsp3) is 0.238. The lowest BCUT2D eigenvalue weighted by molar-refractivity contribution is -0.122. The maximum Gasteiger partial charge on any atom is 0.231 e. The van der Waals surface area contributed by atoms with Crippen molar-refractivity contribution in [3.8, 4) is 0 Å². The second-order valence-electron chi connectivity index (χ2n) is 6.26. The molecular formula is C21H20N2O3. The van der Waals surface area contributed by atoms with Gasteiger partial charge in [-0.15, -0.1) is 0 Å². The molecule has 1 unspecified atom stereocenters. The van der Waals surface area contributed by atoms with Crippen LogP contribution >= 0.6 is 0 Å². The first kappa shape index (κ1) is 16.5. The summed E-state index contributed by atoms with van der Waals surface area (Å²) in [6.45, 7) is 0.980. The zero-order valence-electron chi connectivity index (χ0n) is 14.4. The number of carbonyl (C=O) groups excluding carboxylic acids is 1. The minimum Gasteiger partial charge on any atom is -0.467 e. The summed E-state index contributed by atoms with van der Waals surface area (Å²) in [6, 6.07) is 17.4. The van der Waals surface area contributed by atoms with Gasteiger partial charge in [0.25, 0.3) is 0 Å². The molecule has 0 saturated carbocycles. The lowest BCUT2D eigenvalue weighted by atomic mass is 9.95. The summed E-state index contributed by atoms with van der Waals surface area (Å²) in [5, 5.41) is 0. The Kier molecular flexibility index (Phi) is 4.80. The van der Waals surface area contributed by atoms with Gasteiger partial charge in [0.2, 0.25) is 5.91 Å². The molecule has 0 bridgehead atoms. The van der Waals surface area contributed by atoms with Crippen LogP contribution in [0.3, 0.4) is 0 Å². The third-order valence-electron chi connectivity index (χ3n) is 4.57. The highest BCUT2D eigenvalue weighted by atomic mass is 16.5. The van der Waals surface area contributed by atoms with Gasteiger partial charge in [-0.3, -0.25) is 9.69 Å². The molecule has 1 aliphatic rings. The Balaban J connectivity index is 1.57. The average molecular weight is 348 g/mol. The first-order valence-corrected chi connectivity index (χ1v) is 8.74. The van der Waals surface area contributed by atoms with E-state index >= 15 is 0 Å². The minimum atomic E-state index is -0.227. The number of carbonyl (C=O) groups is 1. The van der Waals surface area contributed by atoms with E-state index in [1.54, 1.807) is 17.4 Å². The van der Waals surface area contributed by atoms with Gasteiger partial charge in [0.05, 0.1) is 31.9 Å². The second kappa shape index (κ2) is 7.54. The van der Waals surface area contributed by atoms with Gasteiger partial charge in [0, 0.05) is 6.20 Å². The Bertz CT molecular complexity index is 862. The molecule has 2 aromatic heterocycles. The Morgan fingerprint density at radius 3 is 2.81 bits per heavy atom. The molecule has 0 saturated heterocycles. The van der Waals surface area contributed by atoms with Crippen LogP contribution < -0.4 is 4.90 Å². The maximum absolute atomic E-state index is 13.1. The third-order valence-corrected chi connectivity index (χ3v) is 4.57. The highest BCUT2D eigenvalue weighted by Gasteiger charge is 2.27. The summed E-state index contributed by atoms with van der Waals surface area (Å²) < 4.78 is 11.3. The highest BCUT2D eigenvalue weighted by molar-refractivity contribution is 5.92. The number of rotatable bonds is 5. The van der Waals surface area contributed by atoms with Crippen molar-refractivity contribution in [1.29, 1.82) is 0 Å². The van der Waals surface area contributed by atoms with Gasteiger partial charge in [-0.2, -0.15) is 0 Å². The smallest absolute Gasteiger partial charge is 0.231 e. The summed E-state index contributed by atoms with van der Waals surface area (Å²) in [7, 11) is 0. The van der Waals surface area contributed by atoms with Crippen LogP contribution in [0.4, 0.5) is 5.82 Å². The summed E-state index contributed by atoms with van der Waals surface area (Å²) in [5.74, 6) is 1.29. The topological polar surface area (TPSA) is 55.6 Å². The number of aromatic nitrogens is 1. The Morgan fingerprint density at radius 1 is 1.12 bits per heavy atom. The van der Waals surface area contributed by atoms with Gasteiger partial charge in [-0.25, -0.2) is 4.98 Å². The van der Waals surface area contributed by atoms with E-state index in [9.17, 15) is 4.79 Å². The van der Waals surface area contributed by atoms with Crippen molar-refractivity contribution in [2.75, 3.05) is 11.5 Å². The van der Waals surface area contributed by atoms with Gasteiger partial charge in [0.1, 0.15) is 11.6 Å². The Labute approximate surface area is 152 Å². The molecule has 1 amide bonds. The minimum absolute atomic E-state index is 0.0400. The predicted octanol–water partition coefficient (Wildman–Crippen LogP) is 3.91. The average Bonchev–Trinajstić information content (AvgIpc) is 3.20. The summed E-state index contributed by atoms with van der Waals surface area (Å²) in [6.07, 6.45) is 4.22. The van der Waals surface area contributed by atoms with Crippen molar-refractivity contribution in [1.82, 2.24) is 4.98 Å². The number of fused-ring (bicyclic) bond motifs is 1. The van der Waals surface area contributed by atoms with E-state index in [-0.39, 0.29) is 18.4 Å². The lowest BCUT2D eigenvalue weighted by Crippen LogP contribution is -2.33. The van der Waals surface area contributed by atoms with Crippen LogP contribution in [-0.4, -0.2) is 17.5 Å². The van der Waals surface area contributed by atoms with Crippen molar-refractivity contribution in [2.45, 2.75) is 25.5 Å². The number of ether oxygens (including phenoxy) is 1. The molecule has 0 aliphatic carbocycles. The highest BCUT2D eigenvalue weighted by Crippen LogP contribution is 2.30. The van der Waals surface area contributed by atoms with Crippen LogP contribution in [0.25, 0.3) is 0 Å². The van der Waals surface area contributed by atoms with Crippen LogP contribution in [0.15, 0.2) is 71.5 Å². The predicted molar refractivity (Wildman–Crippen MR) is 97.6 cm³/mol. The largest absolute Gasteiger partial charge is 0.467 e. The molecule has 26 heavy (non-hydrogen) atoms. The van der Waals surface area contributed by atoms with Crippen LogP contribution in [0.2, 0.25) is 0 Å². The van der Waals surface area contributed by atoms with E-state index in [2.05, 4.69) is 11.1 Å². The normalized spacial score (nSPS) is 16.1. The molecule has 5 nitrogen and oxygen atoms in total. The summed E-state index contributed by atoms with van der Waals surface area (Å²) in [4.78, 5) is 19.1. The van der Waals surface area contributed by atoms with E-state index < -0.39 is 0 Å². The van der Waals surface area contributed by atoms with Crippen LogP contribution in [0, 0.1) is 0 Å². The van der Waals surface area contributed by atoms with Crippen LogP contribution in [-0.2, 0) is 22.5 Å². The SMILES string of the molecule is O=C(CC1OCCc2ccccc21)N(Cc1ccco1)c1ccccn1. The van der Waals surface area contributed by atoms with Gasteiger partial charge in [0.15, 0.2) is 0 Å². The molecule has 3 aromatic rings. The fourth-order valence-electron chi connectivity index (χ4n) is 3.28. The molecule has 4 rings (SSSR count). The van der Waals surface area contributed by atoms with Crippen molar-refractivity contribution in [3.05, 3.63) is 83.9 Å². The molecule has 0 radical (unpaired) electrons. The Morgan fingerprint density at radius 2 is 2.00 bits per heavy atom. The molecule has 1 atom stereocenters. The van der Waals surface area contributed by atoms with Crippen molar-refractivity contribution >= 4 is 11.7 Å². The van der Waals surface area contributed by atoms with Crippen LogP contribution in [0.5, 0.6) is 0 Å². The third kappa shape index (κ3) is 3.53. The number of amides is 1. The molecule has 0 fully saturated rings. The summed E-state index contributed by atoms with van der Waals surface area (Å²) in [5.41, 5.74) is 2.36. The molecular weight excluding hydrogens is 328 g/mol. The molecule has 3 heterocycles. The zero-order chi connectivity index (χ0) is 17.8. The maximum atomic E-state index is 13.1. The second-order valence-corrected chi connectivity index (χ2v) is 6.26. The molecule has 1 aliphatic heterocycles. The quantitative estimate of drug-likeness (QED) is 0.701. The number of benzene rings is 1. The number of anilines is 1. The van der Waals surface area contributed by atoms with E-state index in [4.69, 9.17) is 9.15 Å². The molecule has 132 valence electrons. The monoisotopic (exact) mass is 348 g/mol. The molecule has 1 aromatic carbocycles. The summed E-state index contributed by atoms with van der Waals surface area (Å²) >= 11 is 0. The Hall–Kier alpha value is -2.92.